The van der Waals surface area contributed by atoms with Gasteiger partial charge < -0.3 is 14.8 Å². The van der Waals surface area contributed by atoms with E-state index >= 15 is 0 Å². The number of benzene rings is 1. The van der Waals surface area contributed by atoms with Crippen LogP contribution in [-0.4, -0.2) is 21.3 Å². The van der Waals surface area contributed by atoms with E-state index in [1.54, 1.807) is 14.2 Å². The molecule has 0 saturated carbocycles. The van der Waals surface area contributed by atoms with Crippen molar-refractivity contribution in [2.24, 2.45) is 0 Å². The van der Waals surface area contributed by atoms with Gasteiger partial charge in [0.25, 0.3) is 0 Å². The monoisotopic (exact) mass is 307 g/mol. The molecule has 0 bridgehead atoms. The van der Waals surface area contributed by atoms with Crippen LogP contribution < -0.4 is 14.8 Å². The van der Waals surface area contributed by atoms with E-state index in [0.29, 0.717) is 0 Å². The lowest BCUT2D eigenvalue weighted by molar-refractivity contribution is 0.352. The summed E-state index contributed by atoms with van der Waals surface area (Å²) in [7, 11) is 5.22. The highest BCUT2D eigenvalue weighted by Gasteiger charge is 2.11. The minimum Gasteiger partial charge on any atom is -0.493 e. The van der Waals surface area contributed by atoms with Crippen molar-refractivity contribution in [3.8, 4) is 11.5 Å². The van der Waals surface area contributed by atoms with Crippen molar-refractivity contribution >= 4 is 22.6 Å². The third-order valence-corrected chi connectivity index (χ3v) is 3.11. The van der Waals surface area contributed by atoms with Gasteiger partial charge in [0, 0.05) is 6.54 Å². The van der Waals surface area contributed by atoms with Crippen LogP contribution in [0.15, 0.2) is 12.1 Å². The molecule has 0 fully saturated rings. The van der Waals surface area contributed by atoms with Crippen LogP contribution in [0.1, 0.15) is 5.56 Å². The van der Waals surface area contributed by atoms with E-state index in [1.807, 2.05) is 19.2 Å². The second-order valence-corrected chi connectivity index (χ2v) is 3.88. The van der Waals surface area contributed by atoms with Gasteiger partial charge in [-0.05, 0) is 41.3 Å². The average molecular weight is 307 g/mol. The third kappa shape index (κ3) is 2.30. The van der Waals surface area contributed by atoms with Crippen LogP contribution in [0.3, 0.4) is 0 Å². The number of halogens is 1. The normalized spacial score (nSPS) is 10.0. The van der Waals surface area contributed by atoms with Crippen molar-refractivity contribution in [2.75, 3.05) is 21.3 Å². The molecule has 3 nitrogen and oxygen atoms in total. The number of nitrogens with one attached hydrogen (secondary N) is 1. The van der Waals surface area contributed by atoms with Crippen molar-refractivity contribution in [1.29, 1.82) is 0 Å². The van der Waals surface area contributed by atoms with Crippen molar-refractivity contribution in [2.45, 2.75) is 6.54 Å². The highest BCUT2D eigenvalue weighted by Crippen LogP contribution is 2.34. The largest absolute Gasteiger partial charge is 0.493 e. The van der Waals surface area contributed by atoms with Crippen LogP contribution in [0.4, 0.5) is 0 Å². The molecule has 0 spiro atoms. The first-order chi connectivity index (χ1) is 6.74. The van der Waals surface area contributed by atoms with Crippen LogP contribution >= 0.6 is 22.6 Å². The summed E-state index contributed by atoms with van der Waals surface area (Å²) in [4.78, 5) is 0. The molecular formula is C10H14INO2. The van der Waals surface area contributed by atoms with E-state index in [0.717, 1.165) is 21.6 Å². The molecule has 14 heavy (non-hydrogen) atoms. The molecule has 1 rings (SSSR count). The summed E-state index contributed by atoms with van der Waals surface area (Å²) in [6.45, 7) is 0.832. The molecule has 0 atom stereocenters. The molecule has 1 aromatic carbocycles. The zero-order valence-corrected chi connectivity index (χ0v) is 10.7. The van der Waals surface area contributed by atoms with Crippen molar-refractivity contribution in [3.05, 3.63) is 21.3 Å². The topological polar surface area (TPSA) is 30.5 Å². The number of methoxy groups -OCH3 is 2. The van der Waals surface area contributed by atoms with Gasteiger partial charge in [-0.25, -0.2) is 0 Å². The average Bonchev–Trinajstić information content (AvgIpc) is 2.21. The Balaban J connectivity index is 3.13. The Hall–Kier alpha value is -0.490. The Morgan fingerprint density at radius 1 is 1.29 bits per heavy atom. The Labute approximate surface area is 97.9 Å². The molecule has 0 heterocycles. The molecule has 0 aliphatic carbocycles. The lowest BCUT2D eigenvalue weighted by Gasteiger charge is -2.12. The second kappa shape index (κ2) is 5.41. The van der Waals surface area contributed by atoms with Gasteiger partial charge in [0.15, 0.2) is 11.5 Å². The van der Waals surface area contributed by atoms with E-state index in [2.05, 4.69) is 27.9 Å². The van der Waals surface area contributed by atoms with Crippen molar-refractivity contribution in [3.63, 3.8) is 0 Å². The minimum absolute atomic E-state index is 0.775. The van der Waals surface area contributed by atoms with Crippen LogP contribution in [0.5, 0.6) is 11.5 Å². The predicted octanol–water partition coefficient (Wildman–Crippen LogP) is 2.03. The smallest absolute Gasteiger partial charge is 0.174 e. The molecular weight excluding hydrogens is 293 g/mol. The van der Waals surface area contributed by atoms with Gasteiger partial charge in [0.05, 0.1) is 17.8 Å². The summed E-state index contributed by atoms with van der Waals surface area (Å²) in [6, 6.07) is 3.97. The van der Waals surface area contributed by atoms with Gasteiger partial charge in [0.2, 0.25) is 0 Å². The van der Waals surface area contributed by atoms with Crippen LogP contribution in [-0.2, 0) is 6.54 Å². The molecule has 0 aliphatic rings. The van der Waals surface area contributed by atoms with Gasteiger partial charge in [-0.3, -0.25) is 0 Å². The number of ether oxygens (including phenoxy) is 2. The summed E-state index contributed by atoms with van der Waals surface area (Å²) in [5.74, 6) is 1.58. The van der Waals surface area contributed by atoms with E-state index < -0.39 is 0 Å². The SMILES string of the molecule is CNCc1ccc(OC)c(OC)c1I. The van der Waals surface area contributed by atoms with Gasteiger partial charge >= 0.3 is 0 Å². The van der Waals surface area contributed by atoms with E-state index in [9.17, 15) is 0 Å². The standard InChI is InChI=1S/C10H14INO2/c1-12-6-7-4-5-8(13-2)10(14-3)9(7)11/h4-5,12H,6H2,1-3H3. The first-order valence-electron chi connectivity index (χ1n) is 4.28. The van der Waals surface area contributed by atoms with Crippen LogP contribution in [0.2, 0.25) is 0 Å². The Morgan fingerprint density at radius 2 is 2.00 bits per heavy atom. The molecule has 0 radical (unpaired) electrons. The van der Waals surface area contributed by atoms with E-state index in [4.69, 9.17) is 9.47 Å². The zero-order valence-electron chi connectivity index (χ0n) is 8.56. The van der Waals surface area contributed by atoms with E-state index in [1.165, 1.54) is 5.56 Å². The van der Waals surface area contributed by atoms with Gasteiger partial charge in [-0.2, -0.15) is 0 Å². The third-order valence-electron chi connectivity index (χ3n) is 1.93. The second-order valence-electron chi connectivity index (χ2n) is 2.80. The Kier molecular flexibility index (Phi) is 4.47. The summed E-state index contributed by atoms with van der Waals surface area (Å²) in [5, 5.41) is 3.11. The number of hydrogen-bond acceptors (Lipinski definition) is 3. The summed E-state index contributed by atoms with van der Waals surface area (Å²) >= 11 is 2.27. The summed E-state index contributed by atoms with van der Waals surface area (Å²) < 4.78 is 11.6. The van der Waals surface area contributed by atoms with Gasteiger partial charge in [-0.15, -0.1) is 0 Å². The summed E-state index contributed by atoms with van der Waals surface area (Å²) in [6.07, 6.45) is 0. The maximum atomic E-state index is 5.29. The van der Waals surface area contributed by atoms with Crippen molar-refractivity contribution < 1.29 is 9.47 Å². The van der Waals surface area contributed by atoms with Gasteiger partial charge in [0.1, 0.15) is 0 Å². The minimum atomic E-state index is 0.775. The fraction of sp³-hybridized carbons (Fsp3) is 0.400. The molecule has 4 heteroatoms. The molecule has 1 aromatic rings. The molecule has 78 valence electrons. The van der Waals surface area contributed by atoms with Crippen LogP contribution in [0.25, 0.3) is 0 Å². The highest BCUT2D eigenvalue weighted by atomic mass is 127. The van der Waals surface area contributed by atoms with E-state index in [-0.39, 0.29) is 0 Å². The number of hydrogen-bond donors (Lipinski definition) is 1. The lowest BCUT2D eigenvalue weighted by atomic mass is 10.2. The molecule has 0 aliphatic heterocycles. The molecule has 1 N–H and O–H groups in total. The fourth-order valence-corrected chi connectivity index (χ4v) is 2.11. The van der Waals surface area contributed by atoms with Gasteiger partial charge in [-0.1, -0.05) is 6.07 Å². The quantitative estimate of drug-likeness (QED) is 0.864. The zero-order chi connectivity index (χ0) is 10.6. The molecule has 0 aromatic heterocycles. The lowest BCUT2D eigenvalue weighted by Crippen LogP contribution is -2.07. The summed E-state index contributed by atoms with van der Waals surface area (Å²) in [5.41, 5.74) is 1.21. The molecule has 0 saturated heterocycles. The molecule has 0 unspecified atom stereocenters. The van der Waals surface area contributed by atoms with Crippen molar-refractivity contribution in [1.82, 2.24) is 5.32 Å². The number of rotatable bonds is 4. The molecule has 0 amide bonds. The maximum Gasteiger partial charge on any atom is 0.174 e. The Bertz CT molecular complexity index is 315. The first-order valence-corrected chi connectivity index (χ1v) is 5.36. The first kappa shape index (κ1) is 11.6. The fourth-order valence-electron chi connectivity index (χ4n) is 1.26. The Morgan fingerprint density at radius 3 is 2.50 bits per heavy atom. The predicted molar refractivity (Wildman–Crippen MR) is 65.0 cm³/mol. The van der Waals surface area contributed by atoms with Crippen LogP contribution in [0, 0.1) is 3.57 Å². The highest BCUT2D eigenvalue weighted by molar-refractivity contribution is 14.1. The maximum absolute atomic E-state index is 5.29.